The molecule has 0 aromatic heterocycles. The fraction of sp³-hybridized carbons (Fsp3) is 0.500. The van der Waals surface area contributed by atoms with Gasteiger partial charge in [-0.2, -0.15) is 0 Å². The molecule has 0 heterocycles. The molecule has 6 N–H and O–H groups in total. The van der Waals surface area contributed by atoms with Crippen LogP contribution in [0.5, 0.6) is 0 Å². The van der Waals surface area contributed by atoms with E-state index in [0.717, 1.165) is 0 Å². The van der Waals surface area contributed by atoms with E-state index in [2.05, 4.69) is 0 Å². The van der Waals surface area contributed by atoms with Crippen LogP contribution in [0, 0.1) is 0 Å². The number of nitrogens with zero attached hydrogens (tertiary/aromatic N) is 1. The first-order valence-electron chi connectivity index (χ1n) is 4.37. The summed E-state index contributed by atoms with van der Waals surface area (Å²) < 4.78 is -1.14. The van der Waals surface area contributed by atoms with Gasteiger partial charge < -0.3 is 31.4 Å². The van der Waals surface area contributed by atoms with E-state index in [-0.39, 0.29) is 124 Å². The number of hydrogen-bond acceptors (Lipinski definition) is 6. The van der Waals surface area contributed by atoms with Crippen molar-refractivity contribution >= 4 is 142 Å². The van der Waals surface area contributed by atoms with Crippen LogP contribution in [0.1, 0.15) is 0 Å². The van der Waals surface area contributed by atoms with Crippen LogP contribution < -0.4 is 11.3 Å². The summed E-state index contributed by atoms with van der Waals surface area (Å²) in [5.74, 6) is -6.19. The Hall–Kier alpha value is 1.80. The molecule has 0 bridgehead atoms. The molecular formula is C8H18N2Na4O8. The Balaban J connectivity index is -0.000000128. The predicted octanol–water partition coefficient (Wildman–Crippen LogP) is -5.63. The first kappa shape index (κ1) is 39.0. The predicted molar refractivity (Wildman–Crippen MR) is 81.3 cm³/mol. The van der Waals surface area contributed by atoms with Crippen molar-refractivity contribution in [3.63, 3.8) is 0 Å². The summed E-state index contributed by atoms with van der Waals surface area (Å²) in [6.45, 7) is -3.77. The van der Waals surface area contributed by atoms with E-state index in [1.807, 2.05) is 0 Å². The van der Waals surface area contributed by atoms with Crippen LogP contribution in [0.15, 0.2) is 0 Å². The van der Waals surface area contributed by atoms with Crippen LogP contribution in [-0.2, 0) is 19.2 Å². The van der Waals surface area contributed by atoms with Crippen LogP contribution in [0.3, 0.4) is 0 Å². The molecule has 0 amide bonds. The summed E-state index contributed by atoms with van der Waals surface area (Å²) in [6, 6.07) is 0. The first-order valence-corrected chi connectivity index (χ1v) is 4.37. The van der Waals surface area contributed by atoms with Gasteiger partial charge in [0.1, 0.15) is 6.54 Å². The molecule has 0 saturated heterocycles. The van der Waals surface area contributed by atoms with Crippen LogP contribution >= 0.6 is 0 Å². The quantitative estimate of drug-likeness (QED) is 0.241. The van der Waals surface area contributed by atoms with E-state index >= 15 is 0 Å². The monoisotopic (exact) mass is 362 g/mol. The number of carboxylic acids is 4. The van der Waals surface area contributed by atoms with Gasteiger partial charge in [-0.05, 0) is 0 Å². The third-order valence-corrected chi connectivity index (χ3v) is 1.88. The van der Waals surface area contributed by atoms with Gasteiger partial charge in [-0.25, -0.2) is 14.4 Å². The maximum absolute atomic E-state index is 10.5. The summed E-state index contributed by atoms with van der Waals surface area (Å²) in [5, 5.41) is 36.2. The van der Waals surface area contributed by atoms with E-state index < -0.39 is 54.5 Å². The molecule has 0 saturated carbocycles. The van der Waals surface area contributed by atoms with Crippen molar-refractivity contribution in [3.8, 4) is 0 Å². The van der Waals surface area contributed by atoms with Crippen molar-refractivity contribution < 1.29 is 44.1 Å². The zero-order valence-electron chi connectivity index (χ0n) is 9.37. The molecule has 10 nitrogen and oxygen atoms in total. The fourth-order valence-electron chi connectivity index (χ4n) is 1.47. The standard InChI is InChI=1S/C8H11NO8.H3N.4Na.4H/c10-5(11)1-9(2-6(12)13,3-7(14)15)4-8(16)17;;;;;;;;;/h1-4H2,(H3-,10,11,12,13,14,15,16,17);1H3;;;;;;;;. The number of carboxylic acid groups (broad SMARTS) is 4. The molecule has 22 heavy (non-hydrogen) atoms. The fourth-order valence-corrected chi connectivity index (χ4v) is 1.47. The van der Waals surface area contributed by atoms with Gasteiger partial charge in [0.15, 0.2) is 19.6 Å². The zero-order chi connectivity index (χ0) is 13.6. The second kappa shape index (κ2) is 19.1. The molecule has 0 aromatic carbocycles. The van der Waals surface area contributed by atoms with Crippen LogP contribution in [0.25, 0.3) is 0 Å². The molecule has 0 aliphatic heterocycles. The Kier molecular flexibility index (Phi) is 34.0. The van der Waals surface area contributed by atoms with Crippen molar-refractivity contribution in [2.24, 2.45) is 0 Å². The molecule has 112 valence electrons. The SMILES string of the molecule is N.O=C([O-])C[N+](CC(=O)O)(CC(=O)O)CC(=O)O.[NaH].[NaH].[NaH].[NaH]. The summed E-state index contributed by atoms with van der Waals surface area (Å²) in [4.78, 5) is 42.1. The number of rotatable bonds is 8. The van der Waals surface area contributed by atoms with Crippen molar-refractivity contribution in [3.05, 3.63) is 0 Å². The second-order valence-electron chi connectivity index (χ2n) is 3.53. The van der Waals surface area contributed by atoms with Crippen molar-refractivity contribution in [2.45, 2.75) is 0 Å². The number of hydrogen-bond donors (Lipinski definition) is 4. The number of carbonyl (C=O) groups excluding carboxylic acids is 1. The molecule has 14 heteroatoms. The molecular weight excluding hydrogens is 344 g/mol. The summed E-state index contributed by atoms with van der Waals surface area (Å²) in [7, 11) is 0. The molecule has 0 aliphatic carbocycles. The summed E-state index contributed by atoms with van der Waals surface area (Å²) >= 11 is 0. The molecule has 0 rings (SSSR count). The Morgan fingerprint density at radius 3 is 1.05 bits per heavy atom. The zero-order valence-corrected chi connectivity index (χ0v) is 9.37. The Morgan fingerprint density at radius 1 is 0.682 bits per heavy atom. The first-order chi connectivity index (χ1) is 7.67. The van der Waals surface area contributed by atoms with Gasteiger partial charge in [-0.1, -0.05) is 0 Å². The van der Waals surface area contributed by atoms with E-state index in [9.17, 15) is 24.3 Å². The van der Waals surface area contributed by atoms with Crippen molar-refractivity contribution in [1.82, 2.24) is 6.15 Å². The molecule has 0 aromatic rings. The third-order valence-electron chi connectivity index (χ3n) is 1.88. The second-order valence-corrected chi connectivity index (χ2v) is 3.53. The van der Waals surface area contributed by atoms with Gasteiger partial charge in [0.05, 0.1) is 5.97 Å². The topological polar surface area (TPSA) is 187 Å². The van der Waals surface area contributed by atoms with Gasteiger partial charge in [-0.3, -0.25) is 4.48 Å². The summed E-state index contributed by atoms with van der Waals surface area (Å²) in [6.07, 6.45) is 0. The number of quaternary nitrogens is 1. The average molecular weight is 362 g/mol. The van der Waals surface area contributed by atoms with E-state index in [4.69, 9.17) is 15.3 Å². The Morgan fingerprint density at radius 2 is 0.909 bits per heavy atom. The van der Waals surface area contributed by atoms with Crippen molar-refractivity contribution in [1.29, 1.82) is 0 Å². The van der Waals surface area contributed by atoms with E-state index in [1.54, 1.807) is 0 Å². The molecule has 0 atom stereocenters. The molecule has 0 unspecified atom stereocenters. The molecule has 0 spiro atoms. The van der Waals surface area contributed by atoms with Crippen molar-refractivity contribution in [2.75, 3.05) is 26.2 Å². The van der Waals surface area contributed by atoms with E-state index in [1.165, 1.54) is 0 Å². The average Bonchev–Trinajstić information content (AvgIpc) is 1.95. The van der Waals surface area contributed by atoms with Gasteiger partial charge in [0.25, 0.3) is 0 Å². The third kappa shape index (κ3) is 19.8. The van der Waals surface area contributed by atoms with Crippen LogP contribution in [0.4, 0.5) is 0 Å². The van der Waals surface area contributed by atoms with Crippen LogP contribution in [-0.4, -0.2) is 188 Å². The van der Waals surface area contributed by atoms with Gasteiger partial charge in [0.2, 0.25) is 0 Å². The Bertz CT molecular complexity index is 299. The molecule has 0 aliphatic rings. The number of aliphatic carboxylic acids is 4. The van der Waals surface area contributed by atoms with Gasteiger partial charge >= 0.3 is 136 Å². The van der Waals surface area contributed by atoms with Gasteiger partial charge in [0, 0.05) is 0 Å². The van der Waals surface area contributed by atoms with Gasteiger partial charge in [-0.15, -0.1) is 0 Å². The van der Waals surface area contributed by atoms with Crippen LogP contribution in [0.2, 0.25) is 0 Å². The molecule has 0 fully saturated rings. The minimum atomic E-state index is -1.71. The summed E-state index contributed by atoms with van der Waals surface area (Å²) in [5.41, 5.74) is 0. The minimum absolute atomic E-state index is 0. The normalized spacial score (nSPS) is 8.36. The number of carbonyl (C=O) groups is 4. The maximum atomic E-state index is 10.5. The Labute approximate surface area is 215 Å². The van der Waals surface area contributed by atoms with E-state index in [0.29, 0.717) is 0 Å². The molecule has 0 radical (unpaired) electrons.